The molecule has 1 aliphatic rings. The Labute approximate surface area is 116 Å². The molecule has 0 saturated heterocycles. The van der Waals surface area contributed by atoms with Crippen molar-refractivity contribution >= 4 is 0 Å². The number of likely N-dealkylation sites (N-methyl/N-ethyl adjacent to an activating group) is 1. The van der Waals surface area contributed by atoms with Gasteiger partial charge in [0.1, 0.15) is 5.75 Å². The van der Waals surface area contributed by atoms with Crippen molar-refractivity contribution in [2.24, 2.45) is 0 Å². The highest BCUT2D eigenvalue weighted by molar-refractivity contribution is 5.27. The van der Waals surface area contributed by atoms with E-state index in [1.807, 2.05) is 12.1 Å². The van der Waals surface area contributed by atoms with Crippen LogP contribution in [0, 0.1) is 0 Å². The van der Waals surface area contributed by atoms with Crippen LogP contribution in [-0.2, 0) is 6.42 Å². The van der Waals surface area contributed by atoms with Crippen LogP contribution in [0.2, 0.25) is 0 Å². The lowest BCUT2D eigenvalue weighted by Crippen LogP contribution is -2.41. The zero-order valence-electron chi connectivity index (χ0n) is 12.2. The molecule has 3 nitrogen and oxygen atoms in total. The first-order valence-electron chi connectivity index (χ1n) is 7.33. The highest BCUT2D eigenvalue weighted by atomic mass is 16.5. The van der Waals surface area contributed by atoms with Crippen LogP contribution >= 0.6 is 0 Å². The maximum absolute atomic E-state index is 5.16. The van der Waals surface area contributed by atoms with Gasteiger partial charge < -0.3 is 15.0 Å². The van der Waals surface area contributed by atoms with Gasteiger partial charge in [-0.25, -0.2) is 0 Å². The maximum Gasteiger partial charge on any atom is 0.118 e. The fourth-order valence-electron chi connectivity index (χ4n) is 2.42. The molecule has 0 amide bonds. The summed E-state index contributed by atoms with van der Waals surface area (Å²) in [6.07, 6.45) is 5.28. The van der Waals surface area contributed by atoms with Gasteiger partial charge in [0.25, 0.3) is 0 Å². The van der Waals surface area contributed by atoms with Crippen LogP contribution in [0.4, 0.5) is 0 Å². The van der Waals surface area contributed by atoms with Crippen molar-refractivity contribution in [2.75, 3.05) is 33.8 Å². The van der Waals surface area contributed by atoms with Crippen molar-refractivity contribution in [3.8, 4) is 5.75 Å². The van der Waals surface area contributed by atoms with E-state index in [1.54, 1.807) is 7.11 Å². The molecule has 0 bridgehead atoms. The van der Waals surface area contributed by atoms with Gasteiger partial charge in [-0.1, -0.05) is 18.6 Å². The van der Waals surface area contributed by atoms with Crippen LogP contribution in [0.1, 0.15) is 24.8 Å². The van der Waals surface area contributed by atoms with E-state index in [1.165, 1.54) is 24.8 Å². The average Bonchev–Trinajstić information content (AvgIpc) is 2.37. The van der Waals surface area contributed by atoms with Gasteiger partial charge in [0.05, 0.1) is 7.11 Å². The molecular formula is C16H26N2O. The van der Waals surface area contributed by atoms with E-state index < -0.39 is 0 Å². The molecule has 1 aromatic rings. The second-order valence-electron chi connectivity index (χ2n) is 5.41. The van der Waals surface area contributed by atoms with Crippen LogP contribution < -0.4 is 10.1 Å². The third kappa shape index (κ3) is 4.51. The molecule has 0 radical (unpaired) electrons. The van der Waals surface area contributed by atoms with Gasteiger partial charge >= 0.3 is 0 Å². The number of nitrogens with one attached hydrogen (secondary N) is 1. The number of hydrogen-bond acceptors (Lipinski definition) is 3. The van der Waals surface area contributed by atoms with Crippen molar-refractivity contribution in [1.82, 2.24) is 10.2 Å². The quantitative estimate of drug-likeness (QED) is 0.728. The Morgan fingerprint density at radius 3 is 2.53 bits per heavy atom. The summed E-state index contributed by atoms with van der Waals surface area (Å²) < 4.78 is 5.16. The number of hydrogen-bond donors (Lipinski definition) is 1. The second kappa shape index (κ2) is 7.51. The number of nitrogens with zero attached hydrogens (tertiary/aromatic N) is 1. The monoisotopic (exact) mass is 262 g/mol. The molecule has 2 rings (SSSR count). The van der Waals surface area contributed by atoms with Gasteiger partial charge in [-0.2, -0.15) is 0 Å². The Hall–Kier alpha value is -1.06. The number of benzene rings is 1. The van der Waals surface area contributed by atoms with Crippen LogP contribution in [-0.4, -0.2) is 44.7 Å². The summed E-state index contributed by atoms with van der Waals surface area (Å²) in [5.41, 5.74) is 1.36. The fourth-order valence-corrected chi connectivity index (χ4v) is 2.42. The smallest absolute Gasteiger partial charge is 0.118 e. The van der Waals surface area contributed by atoms with Gasteiger partial charge in [-0.15, -0.1) is 0 Å². The highest BCUT2D eigenvalue weighted by Gasteiger charge is 2.20. The molecule has 0 atom stereocenters. The third-order valence-corrected chi connectivity index (χ3v) is 4.09. The van der Waals surface area contributed by atoms with Crippen molar-refractivity contribution < 1.29 is 4.74 Å². The lowest BCUT2D eigenvalue weighted by Gasteiger charge is -2.34. The summed E-state index contributed by atoms with van der Waals surface area (Å²) in [6, 6.07) is 9.19. The molecular weight excluding hydrogens is 236 g/mol. The fraction of sp³-hybridized carbons (Fsp3) is 0.625. The Bertz CT molecular complexity index is 360. The molecule has 0 spiro atoms. The zero-order valence-corrected chi connectivity index (χ0v) is 12.2. The van der Waals surface area contributed by atoms with E-state index in [-0.39, 0.29) is 0 Å². The Morgan fingerprint density at radius 2 is 1.95 bits per heavy atom. The molecule has 1 aliphatic carbocycles. The van der Waals surface area contributed by atoms with Gasteiger partial charge in [-0.3, -0.25) is 0 Å². The molecule has 19 heavy (non-hydrogen) atoms. The predicted molar refractivity (Wildman–Crippen MR) is 79.8 cm³/mol. The molecule has 1 N–H and O–H groups in total. The van der Waals surface area contributed by atoms with Crippen molar-refractivity contribution in [3.05, 3.63) is 29.8 Å². The third-order valence-electron chi connectivity index (χ3n) is 4.09. The topological polar surface area (TPSA) is 24.5 Å². The molecule has 0 aliphatic heterocycles. The van der Waals surface area contributed by atoms with Crippen LogP contribution in [0.15, 0.2) is 24.3 Å². The summed E-state index contributed by atoms with van der Waals surface area (Å²) in [4.78, 5) is 2.49. The molecule has 0 aromatic heterocycles. The molecule has 0 heterocycles. The molecule has 1 fully saturated rings. The first kappa shape index (κ1) is 14.4. The molecule has 3 heteroatoms. The minimum atomic E-state index is 0.850. The van der Waals surface area contributed by atoms with Crippen LogP contribution in [0.3, 0.4) is 0 Å². The maximum atomic E-state index is 5.16. The molecule has 1 saturated carbocycles. The Kier molecular flexibility index (Phi) is 5.67. The largest absolute Gasteiger partial charge is 0.497 e. The first-order chi connectivity index (χ1) is 9.29. The minimum Gasteiger partial charge on any atom is -0.497 e. The lowest BCUT2D eigenvalue weighted by atomic mass is 9.92. The Morgan fingerprint density at radius 1 is 1.21 bits per heavy atom. The number of rotatable bonds is 8. The van der Waals surface area contributed by atoms with Crippen molar-refractivity contribution in [3.63, 3.8) is 0 Å². The standard InChI is InChI=1S/C16H26N2O/c1-18(15-4-3-5-15)13-12-17-11-10-14-6-8-16(19-2)9-7-14/h6-9,15,17H,3-5,10-13H2,1-2H3. The van der Waals surface area contributed by atoms with Gasteiger partial charge in [0.15, 0.2) is 0 Å². The minimum absolute atomic E-state index is 0.850. The van der Waals surface area contributed by atoms with E-state index in [4.69, 9.17) is 4.74 Å². The van der Waals surface area contributed by atoms with Crippen molar-refractivity contribution in [1.29, 1.82) is 0 Å². The van der Waals surface area contributed by atoms with E-state index in [0.29, 0.717) is 0 Å². The first-order valence-corrected chi connectivity index (χ1v) is 7.33. The van der Waals surface area contributed by atoms with Crippen molar-refractivity contribution in [2.45, 2.75) is 31.7 Å². The van der Waals surface area contributed by atoms with Gasteiger partial charge in [-0.05, 0) is 50.6 Å². The van der Waals surface area contributed by atoms with E-state index in [0.717, 1.165) is 37.8 Å². The normalized spacial score (nSPS) is 15.5. The molecule has 106 valence electrons. The summed E-state index contributed by atoms with van der Waals surface area (Å²) in [6.45, 7) is 3.29. The van der Waals surface area contributed by atoms with E-state index >= 15 is 0 Å². The summed E-state index contributed by atoms with van der Waals surface area (Å²) >= 11 is 0. The van der Waals surface area contributed by atoms with Gasteiger partial charge in [0, 0.05) is 19.1 Å². The average molecular weight is 262 g/mol. The Balaban J connectivity index is 1.55. The van der Waals surface area contributed by atoms with E-state index in [2.05, 4.69) is 29.4 Å². The number of ether oxygens (including phenoxy) is 1. The van der Waals surface area contributed by atoms with Gasteiger partial charge in [0.2, 0.25) is 0 Å². The molecule has 1 aromatic carbocycles. The van der Waals surface area contributed by atoms with E-state index in [9.17, 15) is 0 Å². The SMILES string of the molecule is COc1ccc(CCNCCN(C)C2CCC2)cc1. The second-order valence-corrected chi connectivity index (χ2v) is 5.41. The number of methoxy groups -OCH3 is 1. The predicted octanol–water partition coefficient (Wildman–Crippen LogP) is 2.31. The lowest BCUT2D eigenvalue weighted by molar-refractivity contribution is 0.160. The summed E-state index contributed by atoms with van der Waals surface area (Å²) in [5.74, 6) is 0.929. The summed E-state index contributed by atoms with van der Waals surface area (Å²) in [5, 5.41) is 3.52. The van der Waals surface area contributed by atoms with Crippen LogP contribution in [0.25, 0.3) is 0 Å². The zero-order chi connectivity index (χ0) is 13.5. The van der Waals surface area contributed by atoms with Crippen LogP contribution in [0.5, 0.6) is 5.75 Å². The summed E-state index contributed by atoms with van der Waals surface area (Å²) in [7, 11) is 3.95. The molecule has 0 unspecified atom stereocenters. The highest BCUT2D eigenvalue weighted by Crippen LogP contribution is 2.22.